The van der Waals surface area contributed by atoms with Crippen LogP contribution >= 0.6 is 0 Å². The van der Waals surface area contributed by atoms with E-state index in [0.717, 1.165) is 25.2 Å². The number of methoxy groups -OCH3 is 1. The maximum Gasteiger partial charge on any atom is 0.167 e. The smallest absolute Gasteiger partial charge is 0.167 e. The quantitative estimate of drug-likeness (QED) is 0.885. The molecule has 0 spiro atoms. The first-order valence-corrected chi connectivity index (χ1v) is 9.32. The molecule has 0 bridgehead atoms. The van der Waals surface area contributed by atoms with Gasteiger partial charge in [-0.2, -0.15) is 0 Å². The molecule has 1 aromatic carbocycles. The SMILES string of the molecule is COc1ccc(NC2C=c3c(C4CCN(C)CC4)c[nH]c3=CC2)cc1F. The molecule has 2 heterocycles. The number of fused-ring (bicyclic) bond motifs is 1. The fraction of sp³-hybridized carbons (Fsp3) is 0.429. The summed E-state index contributed by atoms with van der Waals surface area (Å²) < 4.78 is 18.9. The lowest BCUT2D eigenvalue weighted by atomic mass is 9.89. The van der Waals surface area contributed by atoms with E-state index in [1.807, 2.05) is 6.07 Å². The van der Waals surface area contributed by atoms with E-state index in [-0.39, 0.29) is 17.6 Å². The molecule has 1 aliphatic heterocycles. The summed E-state index contributed by atoms with van der Waals surface area (Å²) in [7, 11) is 3.67. The molecule has 1 atom stereocenters. The van der Waals surface area contributed by atoms with Gasteiger partial charge in [-0.25, -0.2) is 4.39 Å². The average Bonchev–Trinajstić information content (AvgIpc) is 3.06. The number of nitrogens with one attached hydrogen (secondary N) is 2. The molecule has 1 unspecified atom stereocenters. The number of aromatic nitrogens is 1. The van der Waals surface area contributed by atoms with Crippen molar-refractivity contribution in [1.82, 2.24) is 9.88 Å². The molecule has 1 aromatic heterocycles. The Morgan fingerprint density at radius 2 is 2.08 bits per heavy atom. The molecule has 5 heteroatoms. The van der Waals surface area contributed by atoms with Crippen molar-refractivity contribution < 1.29 is 9.13 Å². The van der Waals surface area contributed by atoms with Crippen LogP contribution in [0.1, 0.15) is 30.7 Å². The van der Waals surface area contributed by atoms with Crippen molar-refractivity contribution in [3.8, 4) is 5.75 Å². The first-order valence-electron chi connectivity index (χ1n) is 9.32. The van der Waals surface area contributed by atoms with Gasteiger partial charge in [0.2, 0.25) is 0 Å². The third-order valence-corrected chi connectivity index (χ3v) is 5.59. The van der Waals surface area contributed by atoms with Crippen molar-refractivity contribution in [2.75, 3.05) is 32.6 Å². The summed E-state index contributed by atoms with van der Waals surface area (Å²) in [5, 5.41) is 5.97. The van der Waals surface area contributed by atoms with E-state index < -0.39 is 0 Å². The number of nitrogens with zero attached hydrogens (tertiary/aromatic N) is 1. The van der Waals surface area contributed by atoms with Crippen molar-refractivity contribution in [3.63, 3.8) is 0 Å². The number of rotatable bonds is 4. The van der Waals surface area contributed by atoms with Crippen molar-refractivity contribution in [2.24, 2.45) is 0 Å². The minimum absolute atomic E-state index is 0.163. The number of benzene rings is 1. The number of piperidine rings is 1. The summed E-state index contributed by atoms with van der Waals surface area (Å²) in [6.45, 7) is 2.31. The van der Waals surface area contributed by atoms with Crippen molar-refractivity contribution in [1.29, 1.82) is 0 Å². The second-order valence-corrected chi connectivity index (χ2v) is 7.36. The molecule has 2 aromatic rings. The Labute approximate surface area is 153 Å². The van der Waals surface area contributed by atoms with Gasteiger partial charge in [-0.3, -0.25) is 0 Å². The molecular formula is C21H26FN3O. The van der Waals surface area contributed by atoms with Gasteiger partial charge in [0, 0.05) is 34.6 Å². The van der Waals surface area contributed by atoms with Gasteiger partial charge in [0.1, 0.15) is 0 Å². The number of hydrogen-bond donors (Lipinski definition) is 2. The Hall–Kier alpha value is -2.27. The van der Waals surface area contributed by atoms with Gasteiger partial charge in [-0.15, -0.1) is 0 Å². The predicted octanol–water partition coefficient (Wildman–Crippen LogP) is 2.42. The fourth-order valence-corrected chi connectivity index (χ4v) is 4.06. The van der Waals surface area contributed by atoms with Gasteiger partial charge in [0.15, 0.2) is 11.6 Å². The molecule has 2 N–H and O–H groups in total. The molecule has 4 nitrogen and oxygen atoms in total. The Morgan fingerprint density at radius 1 is 1.27 bits per heavy atom. The van der Waals surface area contributed by atoms with Gasteiger partial charge in [-0.05, 0) is 63.0 Å². The molecule has 2 aliphatic rings. The molecule has 0 amide bonds. The van der Waals surface area contributed by atoms with Crippen LogP contribution in [-0.2, 0) is 0 Å². The van der Waals surface area contributed by atoms with Crippen LogP contribution in [0.5, 0.6) is 5.75 Å². The highest BCUT2D eigenvalue weighted by Crippen LogP contribution is 2.25. The highest BCUT2D eigenvalue weighted by Gasteiger charge is 2.21. The van der Waals surface area contributed by atoms with Crippen LogP contribution in [0.25, 0.3) is 12.2 Å². The Kier molecular flexibility index (Phi) is 4.72. The minimum atomic E-state index is -0.341. The van der Waals surface area contributed by atoms with Crippen LogP contribution in [0.4, 0.5) is 10.1 Å². The second kappa shape index (κ2) is 7.16. The Balaban J connectivity index is 1.56. The maximum atomic E-state index is 13.9. The van der Waals surface area contributed by atoms with E-state index >= 15 is 0 Å². The largest absolute Gasteiger partial charge is 0.494 e. The lowest BCUT2D eigenvalue weighted by Gasteiger charge is -2.29. The van der Waals surface area contributed by atoms with E-state index in [9.17, 15) is 4.39 Å². The normalized spacial score (nSPS) is 20.8. The van der Waals surface area contributed by atoms with Gasteiger partial charge >= 0.3 is 0 Å². The highest BCUT2D eigenvalue weighted by atomic mass is 19.1. The first kappa shape index (κ1) is 17.2. The molecule has 1 aliphatic carbocycles. The van der Waals surface area contributed by atoms with Crippen LogP contribution in [0.2, 0.25) is 0 Å². The summed E-state index contributed by atoms with van der Waals surface area (Å²) in [5.41, 5.74) is 2.20. The number of ether oxygens (including phenoxy) is 1. The first-order chi connectivity index (χ1) is 12.6. The van der Waals surface area contributed by atoms with Crippen molar-refractivity contribution in [2.45, 2.75) is 31.2 Å². The maximum absolute atomic E-state index is 13.9. The topological polar surface area (TPSA) is 40.3 Å². The van der Waals surface area contributed by atoms with Crippen LogP contribution < -0.4 is 20.6 Å². The van der Waals surface area contributed by atoms with Crippen LogP contribution in [0.3, 0.4) is 0 Å². The number of halogens is 1. The average molecular weight is 355 g/mol. The fourth-order valence-electron chi connectivity index (χ4n) is 4.06. The van der Waals surface area contributed by atoms with Gasteiger partial charge < -0.3 is 19.9 Å². The number of likely N-dealkylation sites (tertiary alicyclic amines) is 1. The van der Waals surface area contributed by atoms with Crippen LogP contribution in [-0.4, -0.2) is 43.2 Å². The summed E-state index contributed by atoms with van der Waals surface area (Å²) in [5.74, 6) is 0.548. The molecule has 0 radical (unpaired) electrons. The molecule has 0 saturated carbocycles. The van der Waals surface area contributed by atoms with Crippen molar-refractivity contribution in [3.05, 3.63) is 46.3 Å². The van der Waals surface area contributed by atoms with Crippen LogP contribution in [0.15, 0.2) is 24.4 Å². The second-order valence-electron chi connectivity index (χ2n) is 7.36. The highest BCUT2D eigenvalue weighted by molar-refractivity contribution is 5.55. The molecule has 138 valence electrons. The lowest BCUT2D eigenvalue weighted by Crippen LogP contribution is -2.36. The summed E-state index contributed by atoms with van der Waals surface area (Å²) in [4.78, 5) is 5.84. The molecular weight excluding hydrogens is 329 g/mol. The Bertz CT molecular complexity index is 896. The van der Waals surface area contributed by atoms with Gasteiger partial charge in [0.05, 0.1) is 7.11 Å². The van der Waals surface area contributed by atoms with Gasteiger partial charge in [-0.1, -0.05) is 12.2 Å². The number of anilines is 1. The van der Waals surface area contributed by atoms with E-state index in [0.29, 0.717) is 5.92 Å². The summed E-state index contributed by atoms with van der Waals surface area (Å²) >= 11 is 0. The van der Waals surface area contributed by atoms with Crippen molar-refractivity contribution >= 4 is 17.8 Å². The lowest BCUT2D eigenvalue weighted by molar-refractivity contribution is 0.255. The minimum Gasteiger partial charge on any atom is -0.494 e. The number of hydrogen-bond acceptors (Lipinski definition) is 3. The molecule has 1 fully saturated rings. The number of aromatic amines is 1. The molecule has 4 rings (SSSR count). The molecule has 1 saturated heterocycles. The van der Waals surface area contributed by atoms with E-state index in [4.69, 9.17) is 4.74 Å². The van der Waals surface area contributed by atoms with Gasteiger partial charge in [0.25, 0.3) is 0 Å². The van der Waals surface area contributed by atoms with E-state index in [2.05, 4.69) is 40.6 Å². The zero-order chi connectivity index (χ0) is 18.1. The summed E-state index contributed by atoms with van der Waals surface area (Å²) in [6, 6.07) is 5.18. The zero-order valence-electron chi connectivity index (χ0n) is 15.4. The monoisotopic (exact) mass is 355 g/mol. The van der Waals surface area contributed by atoms with E-state index in [1.165, 1.54) is 42.1 Å². The van der Waals surface area contributed by atoms with Crippen LogP contribution in [0, 0.1) is 5.82 Å². The zero-order valence-corrected chi connectivity index (χ0v) is 15.4. The Morgan fingerprint density at radius 3 is 2.81 bits per heavy atom. The standard InChI is InChI=1S/C21H26FN3O/c1-25-9-7-14(8-10-25)18-13-23-20-5-3-15(11-17(18)20)24-16-4-6-21(26-2)19(22)12-16/h4-6,11-15,23-24H,3,7-10H2,1-2H3. The third kappa shape index (κ3) is 3.36. The molecule has 26 heavy (non-hydrogen) atoms. The summed E-state index contributed by atoms with van der Waals surface area (Å²) in [6.07, 6.45) is 10.0. The predicted molar refractivity (Wildman–Crippen MR) is 103 cm³/mol. The third-order valence-electron chi connectivity index (χ3n) is 5.59. The number of H-pyrrole nitrogens is 1. The van der Waals surface area contributed by atoms with E-state index in [1.54, 1.807) is 6.07 Å².